The Morgan fingerprint density at radius 2 is 1.56 bits per heavy atom. The zero-order valence-corrected chi connectivity index (χ0v) is 14.8. The topological polar surface area (TPSA) is 66.4 Å². The second-order valence-corrected chi connectivity index (χ2v) is 7.76. The summed E-state index contributed by atoms with van der Waals surface area (Å²) in [5.74, 6) is 0. The summed E-state index contributed by atoms with van der Waals surface area (Å²) in [5.41, 5.74) is -0.653. The van der Waals surface area contributed by atoms with Gasteiger partial charge in [-0.2, -0.15) is 13.2 Å². The van der Waals surface area contributed by atoms with Gasteiger partial charge in [0.25, 0.3) is 0 Å². The van der Waals surface area contributed by atoms with E-state index in [0.29, 0.717) is 0 Å². The van der Waals surface area contributed by atoms with Gasteiger partial charge in [0.15, 0.2) is 0 Å². The maximum Gasteiger partial charge on any atom is 0.416 e. The van der Waals surface area contributed by atoms with Crippen molar-refractivity contribution < 1.29 is 26.7 Å². The average molecular weight is 395 g/mol. The van der Waals surface area contributed by atoms with Gasteiger partial charge in [0.1, 0.15) is 0 Å². The van der Waals surface area contributed by atoms with Crippen molar-refractivity contribution in [3.8, 4) is 0 Å². The zero-order chi connectivity index (χ0) is 19.7. The fraction of sp³-hybridized carbons (Fsp3) is 0.158. The number of aliphatic hydroxyl groups is 1. The Morgan fingerprint density at radius 3 is 2.19 bits per heavy atom. The second kappa shape index (κ2) is 7.30. The van der Waals surface area contributed by atoms with E-state index in [1.54, 1.807) is 18.2 Å². The van der Waals surface area contributed by atoms with Crippen molar-refractivity contribution in [2.45, 2.75) is 17.2 Å². The minimum atomic E-state index is -4.47. The predicted molar refractivity (Wildman–Crippen MR) is 95.5 cm³/mol. The van der Waals surface area contributed by atoms with Crippen molar-refractivity contribution in [1.29, 1.82) is 0 Å². The first-order valence-corrected chi connectivity index (χ1v) is 9.49. The Balaban J connectivity index is 1.72. The number of rotatable bonds is 5. The first-order chi connectivity index (χ1) is 12.7. The molecule has 0 fully saturated rings. The van der Waals surface area contributed by atoms with Gasteiger partial charge in [-0.3, -0.25) is 0 Å². The van der Waals surface area contributed by atoms with Crippen molar-refractivity contribution >= 4 is 20.8 Å². The molecule has 2 N–H and O–H groups in total. The van der Waals surface area contributed by atoms with E-state index in [0.717, 1.165) is 35.0 Å². The third kappa shape index (κ3) is 4.47. The van der Waals surface area contributed by atoms with Crippen molar-refractivity contribution in [2.75, 3.05) is 6.54 Å². The summed E-state index contributed by atoms with van der Waals surface area (Å²) in [6.45, 7) is -0.361. The van der Waals surface area contributed by atoms with Crippen LogP contribution in [-0.2, 0) is 16.2 Å². The molecule has 0 spiro atoms. The van der Waals surface area contributed by atoms with E-state index in [2.05, 4.69) is 4.72 Å². The van der Waals surface area contributed by atoms with Gasteiger partial charge in [0, 0.05) is 6.54 Å². The number of aliphatic hydroxyl groups excluding tert-OH is 1. The summed E-state index contributed by atoms with van der Waals surface area (Å²) >= 11 is 0. The van der Waals surface area contributed by atoms with Crippen LogP contribution in [0.1, 0.15) is 17.2 Å². The smallest absolute Gasteiger partial charge is 0.387 e. The quantitative estimate of drug-likeness (QED) is 0.689. The Labute approximate surface area is 154 Å². The number of hydrogen-bond acceptors (Lipinski definition) is 3. The van der Waals surface area contributed by atoms with Gasteiger partial charge in [-0.15, -0.1) is 0 Å². The molecule has 3 rings (SSSR count). The Kier molecular flexibility index (Phi) is 5.23. The fourth-order valence-electron chi connectivity index (χ4n) is 2.62. The summed E-state index contributed by atoms with van der Waals surface area (Å²) in [4.78, 5) is 0.0424. The van der Waals surface area contributed by atoms with Gasteiger partial charge in [-0.25, -0.2) is 13.1 Å². The number of hydrogen-bond donors (Lipinski definition) is 2. The van der Waals surface area contributed by atoms with Gasteiger partial charge in [0.05, 0.1) is 16.6 Å². The van der Waals surface area contributed by atoms with Crippen LogP contribution in [0.3, 0.4) is 0 Å². The molecule has 1 atom stereocenters. The fourth-order valence-corrected chi connectivity index (χ4v) is 3.69. The van der Waals surface area contributed by atoms with E-state index < -0.39 is 27.9 Å². The highest BCUT2D eigenvalue weighted by Gasteiger charge is 2.30. The molecule has 0 aliphatic rings. The third-order valence-corrected chi connectivity index (χ3v) is 5.54. The van der Waals surface area contributed by atoms with Crippen LogP contribution >= 0.6 is 0 Å². The van der Waals surface area contributed by atoms with Crippen LogP contribution in [0, 0.1) is 0 Å². The molecular weight excluding hydrogens is 379 g/mol. The summed E-state index contributed by atoms with van der Waals surface area (Å²) in [6.07, 6.45) is -5.75. The molecular formula is C19H16F3NO3S. The molecule has 0 bridgehead atoms. The Bertz CT molecular complexity index is 1050. The Morgan fingerprint density at radius 1 is 0.926 bits per heavy atom. The molecule has 0 heterocycles. The normalized spacial score (nSPS) is 13.6. The van der Waals surface area contributed by atoms with E-state index in [9.17, 15) is 26.7 Å². The summed E-state index contributed by atoms with van der Waals surface area (Å²) in [6, 6.07) is 15.9. The molecule has 4 nitrogen and oxygen atoms in total. The number of nitrogens with one attached hydrogen (secondary N) is 1. The van der Waals surface area contributed by atoms with Crippen molar-refractivity contribution in [3.63, 3.8) is 0 Å². The van der Waals surface area contributed by atoms with Gasteiger partial charge in [0.2, 0.25) is 10.0 Å². The standard InChI is InChI=1S/C19H16F3NO3S/c20-19(21,22)16-8-5-14(6-9-16)18(24)12-23-27(25,26)17-10-7-13-3-1-2-4-15(13)11-17/h1-11,18,23-24H,12H2. The van der Waals surface area contributed by atoms with Crippen LogP contribution in [-0.4, -0.2) is 20.1 Å². The van der Waals surface area contributed by atoms with E-state index in [1.807, 2.05) is 12.1 Å². The highest BCUT2D eigenvalue weighted by Crippen LogP contribution is 2.30. The minimum absolute atomic E-state index is 0.0424. The van der Waals surface area contributed by atoms with E-state index in [1.165, 1.54) is 12.1 Å². The van der Waals surface area contributed by atoms with Gasteiger partial charge in [-0.1, -0.05) is 42.5 Å². The lowest BCUT2D eigenvalue weighted by atomic mass is 10.1. The summed E-state index contributed by atoms with van der Waals surface area (Å²) in [5, 5.41) is 11.7. The first kappa shape index (κ1) is 19.3. The second-order valence-electron chi connectivity index (χ2n) is 6.00. The van der Waals surface area contributed by atoms with Crippen LogP contribution < -0.4 is 4.72 Å². The molecule has 27 heavy (non-hydrogen) atoms. The van der Waals surface area contributed by atoms with Crippen molar-refractivity contribution in [3.05, 3.63) is 77.9 Å². The predicted octanol–water partition coefficient (Wildman–Crippen LogP) is 3.87. The maximum absolute atomic E-state index is 12.6. The molecule has 0 saturated carbocycles. The van der Waals surface area contributed by atoms with Crippen LogP contribution in [0.15, 0.2) is 71.6 Å². The van der Waals surface area contributed by atoms with E-state index >= 15 is 0 Å². The highest BCUT2D eigenvalue weighted by atomic mass is 32.2. The van der Waals surface area contributed by atoms with E-state index in [-0.39, 0.29) is 17.0 Å². The minimum Gasteiger partial charge on any atom is -0.387 e. The van der Waals surface area contributed by atoms with Crippen LogP contribution in [0.5, 0.6) is 0 Å². The molecule has 1 unspecified atom stereocenters. The molecule has 8 heteroatoms. The Hall–Kier alpha value is -2.42. The van der Waals surface area contributed by atoms with Gasteiger partial charge < -0.3 is 5.11 Å². The first-order valence-electron chi connectivity index (χ1n) is 8.00. The lowest BCUT2D eigenvalue weighted by Gasteiger charge is -2.14. The van der Waals surface area contributed by atoms with Gasteiger partial charge >= 0.3 is 6.18 Å². The summed E-state index contributed by atoms with van der Waals surface area (Å²) < 4.78 is 64.8. The molecule has 3 aromatic carbocycles. The number of benzene rings is 3. The molecule has 0 aromatic heterocycles. The summed E-state index contributed by atoms with van der Waals surface area (Å²) in [7, 11) is -3.88. The third-order valence-electron chi connectivity index (χ3n) is 4.12. The monoisotopic (exact) mass is 395 g/mol. The molecule has 0 aliphatic carbocycles. The molecule has 3 aromatic rings. The van der Waals surface area contributed by atoms with Crippen LogP contribution in [0.4, 0.5) is 13.2 Å². The van der Waals surface area contributed by atoms with Crippen molar-refractivity contribution in [2.24, 2.45) is 0 Å². The lowest BCUT2D eigenvalue weighted by molar-refractivity contribution is -0.137. The van der Waals surface area contributed by atoms with Gasteiger partial charge in [-0.05, 0) is 40.6 Å². The molecule has 142 valence electrons. The SMILES string of the molecule is O=S(=O)(NCC(O)c1ccc(C(F)(F)F)cc1)c1ccc2ccccc2c1. The number of alkyl halides is 3. The zero-order valence-electron chi connectivity index (χ0n) is 13.9. The number of sulfonamides is 1. The van der Waals surface area contributed by atoms with Crippen LogP contribution in [0.25, 0.3) is 10.8 Å². The molecule has 0 amide bonds. The lowest BCUT2D eigenvalue weighted by Crippen LogP contribution is -2.28. The number of fused-ring (bicyclic) bond motifs is 1. The molecule has 0 aliphatic heterocycles. The van der Waals surface area contributed by atoms with E-state index in [4.69, 9.17) is 0 Å². The maximum atomic E-state index is 12.6. The molecule has 0 saturated heterocycles. The molecule has 0 radical (unpaired) electrons. The number of halogens is 3. The largest absolute Gasteiger partial charge is 0.416 e. The van der Waals surface area contributed by atoms with Crippen LogP contribution in [0.2, 0.25) is 0 Å². The highest BCUT2D eigenvalue weighted by molar-refractivity contribution is 7.89. The van der Waals surface area contributed by atoms with Crippen molar-refractivity contribution in [1.82, 2.24) is 4.72 Å². The average Bonchev–Trinajstić information content (AvgIpc) is 2.65.